The number of rotatable bonds is 6. The average Bonchev–Trinajstić information content (AvgIpc) is 3.56. The van der Waals surface area contributed by atoms with Gasteiger partial charge in [-0.05, 0) is 98.8 Å². The Hall–Kier alpha value is -6.38. The standard InChI is InChI=1S/C46H31NO/c1-4-12-32(13-5-1)36-16-10-19-40(30-36)47(38-17-8-3-9-18-38)39-27-24-33(25-28-39)37-23-22-35-26-29-44-46(42(35)31-37)45-41(20-11-21-43(45)48-44)34-14-6-2-7-15-34/h1-31H. The maximum Gasteiger partial charge on any atom is 0.136 e. The number of hydrogen-bond donors (Lipinski definition) is 0. The van der Waals surface area contributed by atoms with Crippen LogP contribution in [0.5, 0.6) is 0 Å². The molecule has 8 aromatic carbocycles. The zero-order chi connectivity index (χ0) is 31.9. The minimum Gasteiger partial charge on any atom is -0.456 e. The van der Waals surface area contributed by atoms with E-state index in [0.717, 1.165) is 39.0 Å². The van der Waals surface area contributed by atoms with Gasteiger partial charge in [0.25, 0.3) is 0 Å². The smallest absolute Gasteiger partial charge is 0.136 e. The van der Waals surface area contributed by atoms with Crippen LogP contribution in [0.2, 0.25) is 0 Å². The lowest BCUT2D eigenvalue weighted by atomic mass is 9.95. The molecule has 226 valence electrons. The fraction of sp³-hybridized carbons (Fsp3) is 0. The van der Waals surface area contributed by atoms with Crippen molar-refractivity contribution in [2.24, 2.45) is 0 Å². The summed E-state index contributed by atoms with van der Waals surface area (Å²) in [6.45, 7) is 0. The third-order valence-corrected chi connectivity index (χ3v) is 9.25. The SMILES string of the molecule is c1ccc(-c2cccc(N(c3ccccc3)c3ccc(-c4ccc5ccc6oc7cccc(-c8ccccc8)c7c6c5c4)cc3)c2)cc1. The molecule has 48 heavy (non-hydrogen) atoms. The number of para-hydroxylation sites is 1. The van der Waals surface area contributed by atoms with E-state index in [1.54, 1.807) is 0 Å². The number of anilines is 3. The molecule has 1 heterocycles. The first kappa shape index (κ1) is 27.9. The van der Waals surface area contributed by atoms with E-state index in [1.807, 2.05) is 0 Å². The molecular formula is C46H31NO. The van der Waals surface area contributed by atoms with Crippen LogP contribution in [0.15, 0.2) is 192 Å². The zero-order valence-electron chi connectivity index (χ0n) is 26.3. The van der Waals surface area contributed by atoms with Crippen LogP contribution in [0.25, 0.3) is 66.1 Å². The van der Waals surface area contributed by atoms with Crippen molar-refractivity contribution in [1.82, 2.24) is 0 Å². The molecule has 0 fully saturated rings. The van der Waals surface area contributed by atoms with Gasteiger partial charge in [0.15, 0.2) is 0 Å². The fourth-order valence-corrected chi connectivity index (χ4v) is 6.96. The Morgan fingerprint density at radius 1 is 0.333 bits per heavy atom. The second kappa shape index (κ2) is 11.8. The van der Waals surface area contributed by atoms with E-state index in [4.69, 9.17) is 4.42 Å². The molecule has 2 heteroatoms. The Morgan fingerprint density at radius 2 is 0.875 bits per heavy atom. The molecule has 9 rings (SSSR count). The van der Waals surface area contributed by atoms with Crippen LogP contribution < -0.4 is 4.90 Å². The molecule has 2 nitrogen and oxygen atoms in total. The van der Waals surface area contributed by atoms with Crippen molar-refractivity contribution in [2.75, 3.05) is 4.90 Å². The molecule has 0 amide bonds. The van der Waals surface area contributed by atoms with Crippen molar-refractivity contribution >= 4 is 49.8 Å². The Labute approximate surface area is 279 Å². The number of benzene rings is 8. The highest BCUT2D eigenvalue weighted by Crippen LogP contribution is 2.42. The van der Waals surface area contributed by atoms with E-state index < -0.39 is 0 Å². The number of fused-ring (bicyclic) bond motifs is 5. The summed E-state index contributed by atoms with van der Waals surface area (Å²) in [5.41, 5.74) is 12.3. The Bertz CT molecular complexity index is 2530. The lowest BCUT2D eigenvalue weighted by molar-refractivity contribution is 0.669. The summed E-state index contributed by atoms with van der Waals surface area (Å²) < 4.78 is 6.43. The second-order valence-electron chi connectivity index (χ2n) is 12.2. The van der Waals surface area contributed by atoms with Gasteiger partial charge in [0, 0.05) is 27.8 Å². The largest absolute Gasteiger partial charge is 0.456 e. The van der Waals surface area contributed by atoms with E-state index in [9.17, 15) is 0 Å². The van der Waals surface area contributed by atoms with Crippen LogP contribution in [0.1, 0.15) is 0 Å². The van der Waals surface area contributed by atoms with Crippen LogP contribution in [0.3, 0.4) is 0 Å². The normalized spacial score (nSPS) is 11.3. The minimum atomic E-state index is 0.907. The van der Waals surface area contributed by atoms with Gasteiger partial charge in [-0.15, -0.1) is 0 Å². The van der Waals surface area contributed by atoms with Gasteiger partial charge in [-0.2, -0.15) is 0 Å². The lowest BCUT2D eigenvalue weighted by Gasteiger charge is -2.26. The fourth-order valence-electron chi connectivity index (χ4n) is 6.96. The van der Waals surface area contributed by atoms with Crippen molar-refractivity contribution < 1.29 is 4.42 Å². The predicted octanol–water partition coefficient (Wildman–Crippen LogP) is 13.2. The first-order valence-electron chi connectivity index (χ1n) is 16.3. The summed E-state index contributed by atoms with van der Waals surface area (Å²) >= 11 is 0. The maximum atomic E-state index is 6.43. The number of hydrogen-bond acceptors (Lipinski definition) is 2. The molecular weight excluding hydrogens is 583 g/mol. The summed E-state index contributed by atoms with van der Waals surface area (Å²) in [6, 6.07) is 66.8. The molecule has 0 spiro atoms. The first-order chi connectivity index (χ1) is 23.8. The number of furan rings is 1. The van der Waals surface area contributed by atoms with Crippen LogP contribution in [0, 0.1) is 0 Å². The van der Waals surface area contributed by atoms with E-state index in [1.165, 1.54) is 44.2 Å². The predicted molar refractivity (Wildman–Crippen MR) is 202 cm³/mol. The number of nitrogens with zero attached hydrogens (tertiary/aromatic N) is 1. The molecule has 0 atom stereocenters. The minimum absolute atomic E-state index is 0.907. The molecule has 0 bridgehead atoms. The monoisotopic (exact) mass is 613 g/mol. The zero-order valence-corrected chi connectivity index (χ0v) is 26.3. The molecule has 0 unspecified atom stereocenters. The van der Waals surface area contributed by atoms with Gasteiger partial charge in [-0.3, -0.25) is 0 Å². The summed E-state index contributed by atoms with van der Waals surface area (Å²) in [5, 5.41) is 4.71. The molecule has 0 aliphatic heterocycles. The highest BCUT2D eigenvalue weighted by Gasteiger charge is 2.17. The summed E-state index contributed by atoms with van der Waals surface area (Å²) in [5.74, 6) is 0. The van der Waals surface area contributed by atoms with Crippen LogP contribution in [-0.4, -0.2) is 0 Å². The van der Waals surface area contributed by atoms with Crippen LogP contribution in [-0.2, 0) is 0 Å². The Kier molecular flexibility index (Phi) is 6.84. The molecule has 0 N–H and O–H groups in total. The summed E-state index contributed by atoms with van der Waals surface area (Å²) in [4.78, 5) is 2.32. The lowest BCUT2D eigenvalue weighted by Crippen LogP contribution is -2.09. The second-order valence-corrected chi connectivity index (χ2v) is 12.2. The molecule has 0 radical (unpaired) electrons. The third kappa shape index (κ3) is 4.92. The topological polar surface area (TPSA) is 16.4 Å². The van der Waals surface area contributed by atoms with E-state index in [0.29, 0.717) is 0 Å². The van der Waals surface area contributed by atoms with Gasteiger partial charge in [-0.1, -0.05) is 133 Å². The molecule has 0 aliphatic carbocycles. The molecule has 0 saturated heterocycles. The van der Waals surface area contributed by atoms with Gasteiger partial charge < -0.3 is 9.32 Å². The average molecular weight is 614 g/mol. The van der Waals surface area contributed by atoms with Gasteiger partial charge in [0.05, 0.1) is 0 Å². The summed E-state index contributed by atoms with van der Waals surface area (Å²) in [7, 11) is 0. The van der Waals surface area contributed by atoms with Crippen LogP contribution in [0.4, 0.5) is 17.1 Å². The van der Waals surface area contributed by atoms with Gasteiger partial charge >= 0.3 is 0 Å². The Morgan fingerprint density at radius 3 is 1.65 bits per heavy atom. The van der Waals surface area contributed by atoms with Crippen molar-refractivity contribution in [1.29, 1.82) is 0 Å². The third-order valence-electron chi connectivity index (χ3n) is 9.25. The van der Waals surface area contributed by atoms with Gasteiger partial charge in [0.2, 0.25) is 0 Å². The first-order valence-corrected chi connectivity index (χ1v) is 16.3. The van der Waals surface area contributed by atoms with Crippen molar-refractivity contribution in [3.05, 3.63) is 188 Å². The maximum absolute atomic E-state index is 6.43. The highest BCUT2D eigenvalue weighted by molar-refractivity contribution is 6.23. The van der Waals surface area contributed by atoms with Crippen molar-refractivity contribution in [3.63, 3.8) is 0 Å². The van der Waals surface area contributed by atoms with Crippen molar-refractivity contribution in [3.8, 4) is 33.4 Å². The van der Waals surface area contributed by atoms with E-state index in [-0.39, 0.29) is 0 Å². The molecule has 0 saturated carbocycles. The van der Waals surface area contributed by atoms with E-state index in [2.05, 4.69) is 193 Å². The Balaban J connectivity index is 1.15. The molecule has 1 aromatic heterocycles. The highest BCUT2D eigenvalue weighted by atomic mass is 16.3. The summed E-state index contributed by atoms with van der Waals surface area (Å²) in [6.07, 6.45) is 0. The van der Waals surface area contributed by atoms with Crippen molar-refractivity contribution in [2.45, 2.75) is 0 Å². The van der Waals surface area contributed by atoms with Gasteiger partial charge in [0.1, 0.15) is 11.2 Å². The quantitative estimate of drug-likeness (QED) is 0.185. The molecule has 0 aliphatic rings. The van der Waals surface area contributed by atoms with E-state index >= 15 is 0 Å². The van der Waals surface area contributed by atoms with Crippen LogP contribution >= 0.6 is 0 Å². The van der Waals surface area contributed by atoms with Gasteiger partial charge in [-0.25, -0.2) is 0 Å². The molecule has 9 aromatic rings.